The van der Waals surface area contributed by atoms with Gasteiger partial charge in [0.1, 0.15) is 6.54 Å². The van der Waals surface area contributed by atoms with Gasteiger partial charge in [0.25, 0.3) is 10.0 Å². The van der Waals surface area contributed by atoms with Crippen molar-refractivity contribution in [3.63, 3.8) is 0 Å². The van der Waals surface area contributed by atoms with Crippen LogP contribution in [-0.2, 0) is 21.2 Å². The second-order valence-electron chi connectivity index (χ2n) is 7.78. The molecule has 0 saturated heterocycles. The number of sulfonamides is 1. The van der Waals surface area contributed by atoms with E-state index in [1.807, 2.05) is 24.3 Å². The zero-order chi connectivity index (χ0) is 24.3. The first-order valence-corrected chi connectivity index (χ1v) is 12.6. The Labute approximate surface area is 204 Å². The molecule has 0 unspecified atom stereocenters. The molecule has 0 radical (unpaired) electrons. The molecule has 9 heteroatoms. The van der Waals surface area contributed by atoms with Crippen molar-refractivity contribution >= 4 is 38.9 Å². The van der Waals surface area contributed by atoms with Crippen LogP contribution in [-0.4, -0.2) is 41.6 Å². The fourth-order valence-electron chi connectivity index (χ4n) is 4.03. The highest BCUT2D eigenvalue weighted by Gasteiger charge is 2.31. The van der Waals surface area contributed by atoms with E-state index < -0.39 is 10.0 Å². The predicted octanol–water partition coefficient (Wildman–Crippen LogP) is 4.53. The van der Waals surface area contributed by atoms with Crippen LogP contribution in [0.25, 0.3) is 0 Å². The van der Waals surface area contributed by atoms with Gasteiger partial charge in [-0.2, -0.15) is 0 Å². The molecule has 3 aromatic carbocycles. The molecule has 0 saturated carbocycles. The number of fused-ring (bicyclic) bond motifs is 1. The minimum absolute atomic E-state index is 0.0213. The molecule has 0 spiro atoms. The summed E-state index contributed by atoms with van der Waals surface area (Å²) in [5.74, 6) is 0.363. The van der Waals surface area contributed by atoms with Gasteiger partial charge in [-0.05, 0) is 60.9 Å². The van der Waals surface area contributed by atoms with Crippen molar-refractivity contribution in [3.05, 3.63) is 77.3 Å². The summed E-state index contributed by atoms with van der Waals surface area (Å²) in [5, 5.41) is 0.462. The molecule has 4 rings (SSSR count). The fraction of sp³-hybridized carbons (Fsp3) is 0.240. The van der Waals surface area contributed by atoms with Gasteiger partial charge in [0.15, 0.2) is 11.5 Å². The molecule has 178 valence electrons. The minimum atomic E-state index is -4.13. The van der Waals surface area contributed by atoms with Crippen molar-refractivity contribution < 1.29 is 22.7 Å². The number of rotatable bonds is 7. The number of aryl methyl sites for hydroxylation is 1. The number of halogens is 1. The van der Waals surface area contributed by atoms with E-state index >= 15 is 0 Å². The molecule has 0 aliphatic carbocycles. The van der Waals surface area contributed by atoms with E-state index in [1.165, 1.54) is 32.4 Å². The lowest BCUT2D eigenvalue weighted by atomic mass is 10.0. The molecule has 0 N–H and O–H groups in total. The first-order valence-electron chi connectivity index (χ1n) is 10.7. The smallest absolute Gasteiger partial charge is 0.264 e. The lowest BCUT2D eigenvalue weighted by molar-refractivity contribution is -0.117. The van der Waals surface area contributed by atoms with E-state index in [1.54, 1.807) is 29.2 Å². The fourth-order valence-corrected chi connectivity index (χ4v) is 5.58. The standard InChI is InChI=1S/C25H25ClN2O5S/c1-32-23-14-13-21(16-24(23)33-2)34(30,31)28(20-11-9-19(26)10-12-20)17-25(29)27-15-5-7-18-6-3-4-8-22(18)27/h3-4,6,8-14,16H,5,7,15,17H2,1-2H3. The van der Waals surface area contributed by atoms with Crippen molar-refractivity contribution in [1.82, 2.24) is 0 Å². The molecule has 34 heavy (non-hydrogen) atoms. The van der Waals surface area contributed by atoms with Gasteiger partial charge in [0.2, 0.25) is 5.91 Å². The van der Waals surface area contributed by atoms with E-state index in [9.17, 15) is 13.2 Å². The van der Waals surface area contributed by atoms with Crippen LogP contribution in [0.3, 0.4) is 0 Å². The van der Waals surface area contributed by atoms with Crippen molar-refractivity contribution in [1.29, 1.82) is 0 Å². The summed E-state index contributed by atoms with van der Waals surface area (Å²) < 4.78 is 39.2. The highest BCUT2D eigenvalue weighted by Crippen LogP contribution is 2.33. The molecule has 0 aromatic heterocycles. The average molecular weight is 501 g/mol. The number of ether oxygens (including phenoxy) is 2. The van der Waals surface area contributed by atoms with Crippen LogP contribution in [0.15, 0.2) is 71.6 Å². The SMILES string of the molecule is COc1ccc(S(=O)(=O)N(CC(=O)N2CCCc3ccccc32)c2ccc(Cl)cc2)cc1OC. The first kappa shape index (κ1) is 23.9. The van der Waals surface area contributed by atoms with Gasteiger partial charge in [0, 0.05) is 23.3 Å². The van der Waals surface area contributed by atoms with Crippen molar-refractivity contribution in [3.8, 4) is 11.5 Å². The summed E-state index contributed by atoms with van der Waals surface area (Å²) in [6.07, 6.45) is 1.69. The van der Waals surface area contributed by atoms with Gasteiger partial charge in [-0.15, -0.1) is 0 Å². The Bertz CT molecular complexity index is 1290. The molecule has 1 aliphatic heterocycles. The van der Waals surface area contributed by atoms with Crippen molar-refractivity contribution in [2.24, 2.45) is 0 Å². The van der Waals surface area contributed by atoms with Gasteiger partial charge >= 0.3 is 0 Å². The predicted molar refractivity (Wildman–Crippen MR) is 133 cm³/mol. The lowest BCUT2D eigenvalue weighted by Gasteiger charge is -2.32. The van der Waals surface area contributed by atoms with Gasteiger partial charge < -0.3 is 14.4 Å². The summed E-state index contributed by atoms with van der Waals surface area (Å²) >= 11 is 6.03. The lowest BCUT2D eigenvalue weighted by Crippen LogP contribution is -2.45. The largest absolute Gasteiger partial charge is 0.493 e. The average Bonchev–Trinajstić information content (AvgIpc) is 2.86. The summed E-state index contributed by atoms with van der Waals surface area (Å²) in [7, 11) is -1.22. The van der Waals surface area contributed by atoms with Crippen LogP contribution in [0.1, 0.15) is 12.0 Å². The molecule has 0 bridgehead atoms. The summed E-state index contributed by atoms with van der Waals surface area (Å²) in [6.45, 7) is 0.160. The van der Waals surface area contributed by atoms with Gasteiger partial charge in [-0.25, -0.2) is 8.42 Å². The number of hydrogen-bond donors (Lipinski definition) is 0. The zero-order valence-electron chi connectivity index (χ0n) is 18.9. The number of hydrogen-bond acceptors (Lipinski definition) is 5. The van der Waals surface area contributed by atoms with E-state index in [2.05, 4.69) is 0 Å². The first-order chi connectivity index (χ1) is 16.3. The van der Waals surface area contributed by atoms with E-state index in [0.29, 0.717) is 23.0 Å². The minimum Gasteiger partial charge on any atom is -0.493 e. The number of methoxy groups -OCH3 is 2. The topological polar surface area (TPSA) is 76.2 Å². The maximum absolute atomic E-state index is 13.8. The van der Waals surface area contributed by atoms with E-state index in [-0.39, 0.29) is 23.1 Å². The van der Waals surface area contributed by atoms with Crippen LogP contribution in [0.4, 0.5) is 11.4 Å². The zero-order valence-corrected chi connectivity index (χ0v) is 20.5. The van der Waals surface area contributed by atoms with Crippen LogP contribution < -0.4 is 18.7 Å². The van der Waals surface area contributed by atoms with Gasteiger partial charge in [-0.1, -0.05) is 29.8 Å². The third kappa shape index (κ3) is 4.69. The van der Waals surface area contributed by atoms with E-state index in [0.717, 1.165) is 28.4 Å². The highest BCUT2D eigenvalue weighted by atomic mass is 35.5. The van der Waals surface area contributed by atoms with Crippen LogP contribution in [0, 0.1) is 0 Å². The Balaban J connectivity index is 1.74. The van der Waals surface area contributed by atoms with Crippen molar-refractivity contribution in [2.75, 3.05) is 36.5 Å². The Morgan fingerprint density at radius 3 is 2.41 bits per heavy atom. The quantitative estimate of drug-likeness (QED) is 0.476. The maximum Gasteiger partial charge on any atom is 0.264 e. The van der Waals surface area contributed by atoms with Crippen LogP contribution >= 0.6 is 11.6 Å². The molecule has 0 atom stereocenters. The van der Waals surface area contributed by atoms with Gasteiger partial charge in [-0.3, -0.25) is 9.10 Å². The molecule has 3 aromatic rings. The highest BCUT2D eigenvalue weighted by molar-refractivity contribution is 7.92. The second kappa shape index (κ2) is 9.95. The molecule has 1 aliphatic rings. The number of benzene rings is 3. The number of para-hydroxylation sites is 1. The second-order valence-corrected chi connectivity index (χ2v) is 10.1. The number of carbonyl (C=O) groups is 1. The summed E-state index contributed by atoms with van der Waals surface area (Å²) in [6, 6.07) is 18.4. The van der Waals surface area contributed by atoms with Gasteiger partial charge in [0.05, 0.1) is 24.8 Å². The number of nitrogens with zero attached hydrogens (tertiary/aromatic N) is 2. The van der Waals surface area contributed by atoms with Crippen molar-refractivity contribution in [2.45, 2.75) is 17.7 Å². The Morgan fingerprint density at radius 2 is 1.71 bits per heavy atom. The van der Waals surface area contributed by atoms with Crippen LogP contribution in [0.5, 0.6) is 11.5 Å². The summed E-state index contributed by atoms with van der Waals surface area (Å²) in [4.78, 5) is 15.1. The molecule has 7 nitrogen and oxygen atoms in total. The normalized spacial score (nSPS) is 13.2. The molecular weight excluding hydrogens is 476 g/mol. The molecular formula is C25H25ClN2O5S. The van der Waals surface area contributed by atoms with Crippen LogP contribution in [0.2, 0.25) is 5.02 Å². The Kier molecular flexibility index (Phi) is 7.00. The summed E-state index contributed by atoms with van der Waals surface area (Å²) in [5.41, 5.74) is 2.22. The number of carbonyl (C=O) groups excluding carboxylic acids is 1. The Hall–Kier alpha value is -3.23. The third-order valence-electron chi connectivity index (χ3n) is 5.75. The monoisotopic (exact) mass is 500 g/mol. The Morgan fingerprint density at radius 1 is 1.00 bits per heavy atom. The molecule has 1 heterocycles. The number of anilines is 2. The third-order valence-corrected chi connectivity index (χ3v) is 7.77. The maximum atomic E-state index is 13.8. The number of amides is 1. The van der Waals surface area contributed by atoms with E-state index in [4.69, 9.17) is 21.1 Å². The molecule has 0 fully saturated rings. The molecule has 1 amide bonds.